The van der Waals surface area contributed by atoms with Gasteiger partial charge >= 0.3 is 0 Å². The van der Waals surface area contributed by atoms with E-state index in [1.165, 1.54) is 11.3 Å². The molecule has 1 N–H and O–H groups in total. The number of nitrogens with zero attached hydrogens (tertiary/aromatic N) is 3. The number of hydrogen-bond acceptors (Lipinski definition) is 5. The van der Waals surface area contributed by atoms with Crippen LogP contribution in [0.15, 0.2) is 10.9 Å². The summed E-state index contributed by atoms with van der Waals surface area (Å²) in [6.45, 7) is 7.93. The molecule has 0 aliphatic carbocycles. The molecule has 0 aliphatic heterocycles. The average Bonchev–Trinajstić information content (AvgIpc) is 2.73. The molecule has 2 aromatic rings. The van der Waals surface area contributed by atoms with Crippen LogP contribution >= 0.6 is 11.3 Å². The van der Waals surface area contributed by atoms with Crippen LogP contribution in [0.5, 0.6) is 0 Å². The zero-order valence-electron chi connectivity index (χ0n) is 11.8. The van der Waals surface area contributed by atoms with E-state index in [9.17, 15) is 4.79 Å². The van der Waals surface area contributed by atoms with E-state index in [1.54, 1.807) is 11.6 Å². The second-order valence-corrected chi connectivity index (χ2v) is 5.90. The van der Waals surface area contributed by atoms with Gasteiger partial charge in [0.05, 0.1) is 5.56 Å². The van der Waals surface area contributed by atoms with Crippen molar-refractivity contribution in [2.75, 3.05) is 5.32 Å². The molecule has 0 aliphatic rings. The van der Waals surface area contributed by atoms with Crippen molar-refractivity contribution in [3.8, 4) is 10.6 Å². The molecule has 0 aromatic carbocycles. The third kappa shape index (κ3) is 2.68. The molecule has 102 valence electrons. The summed E-state index contributed by atoms with van der Waals surface area (Å²) in [6.07, 6.45) is 0. The first-order valence-electron chi connectivity index (χ1n) is 6.17. The van der Waals surface area contributed by atoms with E-state index in [4.69, 9.17) is 0 Å². The largest absolute Gasteiger partial charge is 0.358 e. The van der Waals surface area contributed by atoms with Crippen molar-refractivity contribution >= 4 is 16.5 Å². The maximum absolute atomic E-state index is 12.3. The molecule has 0 bridgehead atoms. The molecule has 19 heavy (non-hydrogen) atoms. The van der Waals surface area contributed by atoms with Crippen molar-refractivity contribution in [3.63, 3.8) is 0 Å². The molecule has 2 heterocycles. The molecule has 2 aromatic heterocycles. The molecule has 0 spiro atoms. The number of nitrogens with one attached hydrogen (secondary N) is 1. The first-order valence-corrected chi connectivity index (χ1v) is 6.99. The van der Waals surface area contributed by atoms with Crippen LogP contribution in [-0.4, -0.2) is 20.8 Å². The van der Waals surface area contributed by atoms with Gasteiger partial charge in [0.2, 0.25) is 5.13 Å². The van der Waals surface area contributed by atoms with E-state index in [1.807, 2.05) is 33.8 Å². The number of aryl methyl sites for hydroxylation is 2. The Labute approximate surface area is 116 Å². The highest BCUT2D eigenvalue weighted by Crippen LogP contribution is 2.26. The van der Waals surface area contributed by atoms with Crippen molar-refractivity contribution in [1.29, 1.82) is 0 Å². The summed E-state index contributed by atoms with van der Waals surface area (Å²) in [6, 6.07) is 2.29. The van der Waals surface area contributed by atoms with Gasteiger partial charge in [0.25, 0.3) is 5.56 Å². The monoisotopic (exact) mass is 278 g/mol. The zero-order valence-corrected chi connectivity index (χ0v) is 12.6. The molecular formula is C13H18N4OS. The van der Waals surface area contributed by atoms with Crippen molar-refractivity contribution in [3.05, 3.63) is 27.7 Å². The maximum Gasteiger partial charge on any atom is 0.261 e. The van der Waals surface area contributed by atoms with Crippen LogP contribution in [0.4, 0.5) is 5.13 Å². The van der Waals surface area contributed by atoms with Crippen LogP contribution in [-0.2, 0) is 7.05 Å². The highest BCUT2D eigenvalue weighted by Gasteiger charge is 2.15. The van der Waals surface area contributed by atoms with Gasteiger partial charge in [-0.05, 0) is 39.3 Å². The predicted octanol–water partition coefficient (Wildman–Crippen LogP) is 2.34. The predicted molar refractivity (Wildman–Crippen MR) is 78.8 cm³/mol. The third-order valence-electron chi connectivity index (χ3n) is 2.92. The van der Waals surface area contributed by atoms with Gasteiger partial charge in [-0.15, -0.1) is 10.2 Å². The molecule has 0 radical (unpaired) electrons. The first kappa shape index (κ1) is 13.7. The van der Waals surface area contributed by atoms with E-state index in [0.29, 0.717) is 16.6 Å². The molecule has 0 amide bonds. The Kier molecular flexibility index (Phi) is 3.71. The topological polar surface area (TPSA) is 59.8 Å². The molecule has 5 nitrogen and oxygen atoms in total. The second-order valence-electron chi connectivity index (χ2n) is 4.92. The van der Waals surface area contributed by atoms with Crippen LogP contribution in [0.25, 0.3) is 10.6 Å². The highest BCUT2D eigenvalue weighted by atomic mass is 32.1. The molecule has 0 unspecified atom stereocenters. The van der Waals surface area contributed by atoms with Gasteiger partial charge in [0.15, 0.2) is 5.01 Å². The normalized spacial score (nSPS) is 11.1. The van der Waals surface area contributed by atoms with Crippen molar-refractivity contribution in [1.82, 2.24) is 14.8 Å². The van der Waals surface area contributed by atoms with E-state index >= 15 is 0 Å². The lowest BCUT2D eigenvalue weighted by atomic mass is 10.1. The van der Waals surface area contributed by atoms with Gasteiger partial charge in [-0.1, -0.05) is 11.3 Å². The summed E-state index contributed by atoms with van der Waals surface area (Å²) in [5.74, 6) is 0. The molecule has 0 saturated heterocycles. The molecule has 0 atom stereocenters. The summed E-state index contributed by atoms with van der Waals surface area (Å²) in [5.41, 5.74) is 2.50. The third-order valence-corrected chi connectivity index (χ3v) is 3.79. The standard InChI is InChI=1S/C13H18N4OS/c1-7(2)14-13-16-15-11(19-13)10-8(3)6-9(4)17(5)12(10)18/h6-7H,1-5H3,(H,14,16). The van der Waals surface area contributed by atoms with Gasteiger partial charge in [-0.2, -0.15) is 0 Å². The van der Waals surface area contributed by atoms with E-state index in [0.717, 1.165) is 16.4 Å². The van der Waals surface area contributed by atoms with Crippen molar-refractivity contribution < 1.29 is 0 Å². The molecule has 0 fully saturated rings. The van der Waals surface area contributed by atoms with Crippen LogP contribution in [0.2, 0.25) is 0 Å². The van der Waals surface area contributed by atoms with E-state index in [2.05, 4.69) is 15.5 Å². The lowest BCUT2D eigenvalue weighted by molar-refractivity contribution is 0.816. The molecule has 6 heteroatoms. The van der Waals surface area contributed by atoms with Gasteiger partial charge in [0.1, 0.15) is 0 Å². The highest BCUT2D eigenvalue weighted by molar-refractivity contribution is 7.18. The molecule has 0 saturated carbocycles. The summed E-state index contributed by atoms with van der Waals surface area (Å²) in [5, 5.41) is 12.8. The van der Waals surface area contributed by atoms with E-state index < -0.39 is 0 Å². The van der Waals surface area contributed by atoms with Crippen molar-refractivity contribution in [2.45, 2.75) is 33.7 Å². The minimum Gasteiger partial charge on any atom is -0.358 e. The van der Waals surface area contributed by atoms with Gasteiger partial charge in [-0.25, -0.2) is 0 Å². The Hall–Kier alpha value is -1.69. The number of aromatic nitrogens is 3. The van der Waals surface area contributed by atoms with Crippen LogP contribution in [0.1, 0.15) is 25.1 Å². The summed E-state index contributed by atoms with van der Waals surface area (Å²) in [4.78, 5) is 12.3. The van der Waals surface area contributed by atoms with Gasteiger partial charge in [0, 0.05) is 18.8 Å². The fraction of sp³-hybridized carbons (Fsp3) is 0.462. The van der Waals surface area contributed by atoms with Crippen LogP contribution in [0, 0.1) is 13.8 Å². The Balaban J connectivity index is 2.51. The SMILES string of the molecule is Cc1cc(C)n(C)c(=O)c1-c1nnc(NC(C)C)s1. The Morgan fingerprint density at radius 2 is 2.00 bits per heavy atom. The van der Waals surface area contributed by atoms with Gasteiger partial charge in [-0.3, -0.25) is 4.79 Å². The maximum atomic E-state index is 12.3. The number of pyridine rings is 1. The molecule has 2 rings (SSSR count). The van der Waals surface area contributed by atoms with Crippen LogP contribution in [0.3, 0.4) is 0 Å². The van der Waals surface area contributed by atoms with Crippen molar-refractivity contribution in [2.24, 2.45) is 7.05 Å². The Morgan fingerprint density at radius 1 is 1.32 bits per heavy atom. The fourth-order valence-electron chi connectivity index (χ4n) is 1.87. The van der Waals surface area contributed by atoms with Gasteiger partial charge < -0.3 is 9.88 Å². The molecular weight excluding hydrogens is 260 g/mol. The lowest BCUT2D eigenvalue weighted by Gasteiger charge is -2.08. The quantitative estimate of drug-likeness (QED) is 0.936. The number of rotatable bonds is 3. The summed E-state index contributed by atoms with van der Waals surface area (Å²) >= 11 is 1.41. The first-order chi connectivity index (χ1) is 8.90. The number of hydrogen-bond donors (Lipinski definition) is 1. The lowest BCUT2D eigenvalue weighted by Crippen LogP contribution is -2.21. The Morgan fingerprint density at radius 3 is 2.63 bits per heavy atom. The summed E-state index contributed by atoms with van der Waals surface area (Å²) in [7, 11) is 1.77. The second kappa shape index (κ2) is 5.13. The minimum absolute atomic E-state index is 0.0234. The minimum atomic E-state index is -0.0234. The average molecular weight is 278 g/mol. The summed E-state index contributed by atoms with van der Waals surface area (Å²) < 4.78 is 1.64. The van der Waals surface area contributed by atoms with Crippen LogP contribution < -0.4 is 10.9 Å². The zero-order chi connectivity index (χ0) is 14.2. The number of anilines is 1. The Bertz CT molecular complexity index is 657. The van der Waals surface area contributed by atoms with E-state index in [-0.39, 0.29) is 5.56 Å². The fourth-order valence-corrected chi connectivity index (χ4v) is 2.86. The smallest absolute Gasteiger partial charge is 0.261 e.